The van der Waals surface area contributed by atoms with Crippen LogP contribution in [-0.4, -0.2) is 70.6 Å². The molecule has 0 bridgehead atoms. The van der Waals surface area contributed by atoms with Crippen molar-refractivity contribution in [2.24, 2.45) is 0 Å². The molecule has 0 spiro atoms. The molecule has 0 aliphatic rings. The van der Waals surface area contributed by atoms with E-state index in [2.05, 4.69) is 70.6 Å². The van der Waals surface area contributed by atoms with Gasteiger partial charge in [-0.3, -0.25) is 0 Å². The van der Waals surface area contributed by atoms with E-state index >= 15 is 0 Å². The summed E-state index contributed by atoms with van der Waals surface area (Å²) in [4.78, 5) is 0. The lowest BCUT2D eigenvalue weighted by Gasteiger charge is -2.26. The van der Waals surface area contributed by atoms with Gasteiger partial charge in [0.2, 0.25) is 0 Å². The zero-order chi connectivity index (χ0) is 16.9. The molecule has 1 nitrogen and oxygen atoms in total. The molecule has 0 unspecified atom stereocenters. The van der Waals surface area contributed by atoms with Crippen molar-refractivity contribution >= 4 is 125 Å². The van der Waals surface area contributed by atoms with Crippen molar-refractivity contribution in [2.75, 3.05) is 5.73 Å². The van der Waals surface area contributed by atoms with Gasteiger partial charge >= 0.3 is 0 Å². The summed E-state index contributed by atoms with van der Waals surface area (Å²) in [7, 11) is 19.8. The molecule has 2 N–H and O–H groups in total. The first kappa shape index (κ1) is 17.2. The first-order valence-corrected chi connectivity index (χ1v) is 8.04. The van der Waals surface area contributed by atoms with Gasteiger partial charge in [-0.2, -0.15) is 0 Å². The maximum Gasteiger partial charge on any atom is 0.141 e. The fourth-order valence-electron chi connectivity index (χ4n) is 3.54. The van der Waals surface area contributed by atoms with Crippen molar-refractivity contribution in [2.45, 2.75) is 0 Å². The summed E-state index contributed by atoms with van der Waals surface area (Å²) in [6, 6.07) is 0. The van der Waals surface area contributed by atoms with Crippen molar-refractivity contribution in [3.05, 3.63) is 0 Å². The molecule has 2 rings (SSSR count). The molecule has 10 heteroatoms. The Bertz CT molecular complexity index is 675. The molecule has 0 aromatic heterocycles. The predicted octanol–water partition coefficient (Wildman–Crippen LogP) is -12.7. The first-order valence-electron chi connectivity index (χ1n) is 8.04. The van der Waals surface area contributed by atoms with Gasteiger partial charge in [-0.1, -0.05) is 27.3 Å². The third-order valence-electron chi connectivity index (χ3n) is 5.99. The number of hydrogen-bond donors (Lipinski definition) is 1. The number of nitrogen functional groups attached to an aromatic ring is 1. The van der Waals surface area contributed by atoms with Crippen molar-refractivity contribution in [1.29, 1.82) is 0 Å². The molecule has 0 heterocycles. The Balaban J connectivity index is 3.03. The maximum absolute atomic E-state index is 6.56. The van der Waals surface area contributed by atoms with Crippen LogP contribution in [0.1, 0.15) is 0 Å². The van der Waals surface area contributed by atoms with Crippen LogP contribution in [0.2, 0.25) is 0 Å². The van der Waals surface area contributed by atoms with E-state index in [9.17, 15) is 0 Å². The minimum Gasteiger partial charge on any atom is -0.399 e. The van der Waals surface area contributed by atoms with Crippen LogP contribution in [0.3, 0.4) is 0 Å². The van der Waals surface area contributed by atoms with Crippen LogP contribution in [0.5, 0.6) is 0 Å². The summed E-state index contributed by atoms with van der Waals surface area (Å²) in [6.07, 6.45) is 0. The van der Waals surface area contributed by atoms with Crippen LogP contribution >= 0.6 is 0 Å². The number of anilines is 1. The Labute approximate surface area is 142 Å². The van der Waals surface area contributed by atoms with E-state index in [0.29, 0.717) is 0 Å². The van der Waals surface area contributed by atoms with Gasteiger partial charge in [0.05, 0.1) is 0 Å². The van der Waals surface area contributed by atoms with Crippen LogP contribution in [0.15, 0.2) is 0 Å². The largest absolute Gasteiger partial charge is 0.399 e. The standard InChI is InChI=1S/C12H20B9N/c13-3-1(4(14)7(17)9(19)6(3)16)2-5(15)8(18)10(20)11(21)12(2)22/h13-22H2. The second kappa shape index (κ2) is 5.79. The lowest BCUT2D eigenvalue weighted by atomic mass is 9.57. The van der Waals surface area contributed by atoms with E-state index in [-0.39, 0.29) is 0 Å². The molecule has 0 atom stereocenters. The van der Waals surface area contributed by atoms with E-state index in [4.69, 9.17) is 5.73 Å². The molecule has 0 aliphatic carbocycles. The van der Waals surface area contributed by atoms with E-state index in [0.717, 1.165) is 5.69 Å². The zero-order valence-corrected chi connectivity index (χ0v) is 15.6. The van der Waals surface area contributed by atoms with Crippen molar-refractivity contribution in [3.63, 3.8) is 0 Å². The van der Waals surface area contributed by atoms with Crippen LogP contribution < -0.4 is 54.9 Å². The Morgan fingerprint density at radius 1 is 0.364 bits per heavy atom. The van der Waals surface area contributed by atoms with Crippen LogP contribution in [0.25, 0.3) is 11.1 Å². The topological polar surface area (TPSA) is 26.0 Å². The average molecular weight is 276 g/mol. The molecular formula is C12H20B9N. The van der Waals surface area contributed by atoms with Gasteiger partial charge in [-0.05, 0) is 11.1 Å². The molecule has 100 valence electrons. The van der Waals surface area contributed by atoms with Crippen LogP contribution in [0.4, 0.5) is 5.69 Å². The predicted molar refractivity (Wildman–Crippen MR) is 130 cm³/mol. The number of rotatable bonds is 1. The highest BCUT2D eigenvalue weighted by Crippen LogP contribution is 2.15. The second-order valence-corrected chi connectivity index (χ2v) is 6.79. The van der Waals surface area contributed by atoms with Gasteiger partial charge in [-0.25, -0.2) is 0 Å². The van der Waals surface area contributed by atoms with Crippen molar-refractivity contribution < 1.29 is 0 Å². The van der Waals surface area contributed by atoms with Gasteiger partial charge in [0.25, 0.3) is 0 Å². The summed E-state index contributed by atoms with van der Waals surface area (Å²) >= 11 is 0. The van der Waals surface area contributed by atoms with Crippen LogP contribution in [0, 0.1) is 0 Å². The summed E-state index contributed by atoms with van der Waals surface area (Å²) in [5.41, 5.74) is 22.2. The molecule has 0 fully saturated rings. The molecule has 0 saturated carbocycles. The highest BCUT2D eigenvalue weighted by atomic mass is 14.6. The Kier molecular flexibility index (Phi) is 4.52. The lowest BCUT2D eigenvalue weighted by Crippen LogP contribution is -2.56. The van der Waals surface area contributed by atoms with Gasteiger partial charge in [-0.15, -0.1) is 21.9 Å². The summed E-state index contributed by atoms with van der Waals surface area (Å²) < 4.78 is 0. The molecule has 2 aromatic rings. The van der Waals surface area contributed by atoms with E-state index in [1.54, 1.807) is 0 Å². The fraction of sp³-hybridized carbons (Fsp3) is 0. The van der Waals surface area contributed by atoms with Gasteiger partial charge in [0.1, 0.15) is 70.6 Å². The smallest absolute Gasteiger partial charge is 0.141 e. The minimum absolute atomic E-state index is 0.939. The monoisotopic (exact) mass is 277 g/mol. The summed E-state index contributed by atoms with van der Waals surface area (Å²) in [5.74, 6) is 0. The number of nitrogens with two attached hydrogens (primary N) is 1. The first-order chi connectivity index (χ1) is 10.1. The van der Waals surface area contributed by atoms with Gasteiger partial charge < -0.3 is 5.73 Å². The Morgan fingerprint density at radius 3 is 1.05 bits per heavy atom. The highest BCUT2D eigenvalue weighted by Gasteiger charge is 2.19. The Hall–Kier alpha value is -1.18. The zero-order valence-electron chi connectivity index (χ0n) is 15.6. The third kappa shape index (κ3) is 2.32. The van der Waals surface area contributed by atoms with Gasteiger partial charge in [0, 0.05) is 5.69 Å². The van der Waals surface area contributed by atoms with E-state index < -0.39 is 0 Å². The summed E-state index contributed by atoms with van der Waals surface area (Å²) in [6.45, 7) is 0. The maximum atomic E-state index is 6.56. The molecule has 2 aromatic carbocycles. The summed E-state index contributed by atoms with van der Waals surface area (Å²) in [5, 5.41) is 0. The van der Waals surface area contributed by atoms with Gasteiger partial charge in [0.15, 0.2) is 0 Å². The van der Waals surface area contributed by atoms with Crippen molar-refractivity contribution in [3.8, 4) is 11.1 Å². The number of benzene rings is 2. The molecule has 0 saturated heterocycles. The van der Waals surface area contributed by atoms with Crippen molar-refractivity contribution in [1.82, 2.24) is 0 Å². The second-order valence-electron chi connectivity index (χ2n) is 6.79. The Morgan fingerprint density at radius 2 is 0.636 bits per heavy atom. The molecule has 22 heavy (non-hydrogen) atoms. The quantitative estimate of drug-likeness (QED) is 0.406. The fourth-order valence-corrected chi connectivity index (χ4v) is 3.54. The average Bonchev–Trinajstić information content (AvgIpc) is 2.50. The SMILES string of the molecule is Bc1c(B)c(B)c(-c2c(B)c(B)c(B)c(B)c2N)c(B)c1B. The van der Waals surface area contributed by atoms with Crippen LogP contribution in [-0.2, 0) is 0 Å². The molecule has 0 radical (unpaired) electrons. The third-order valence-corrected chi connectivity index (χ3v) is 5.99. The molecule has 0 amide bonds. The molecular weight excluding hydrogens is 255 g/mol. The number of hydrogen-bond acceptors (Lipinski definition) is 1. The van der Waals surface area contributed by atoms with E-state index in [1.165, 1.54) is 60.3 Å². The lowest BCUT2D eigenvalue weighted by molar-refractivity contribution is 1.80. The highest BCUT2D eigenvalue weighted by molar-refractivity contribution is 6.70. The molecule has 0 aliphatic heterocycles. The normalized spacial score (nSPS) is 10.7. The van der Waals surface area contributed by atoms with E-state index in [1.807, 2.05) is 0 Å². The minimum atomic E-state index is 0.939.